The van der Waals surface area contributed by atoms with E-state index in [-0.39, 0.29) is 45.9 Å². The second-order valence-electron chi connectivity index (χ2n) is 11.2. The SMILES string of the molecule is O=C(O)CCC(=O)OC[C@H]1O[C@@H](OCc2ccccc2)[C@H](OCc2ccccc2)[C@@H](OCc2ccccc2)[C@@H]1OCc1ccccc1. The highest BCUT2D eigenvalue weighted by Crippen LogP contribution is 2.32. The van der Waals surface area contributed by atoms with E-state index in [1.54, 1.807) is 0 Å². The molecule has 0 aliphatic carbocycles. The Labute approximate surface area is 275 Å². The summed E-state index contributed by atoms with van der Waals surface area (Å²) in [4.78, 5) is 23.6. The summed E-state index contributed by atoms with van der Waals surface area (Å²) in [5.41, 5.74) is 3.81. The van der Waals surface area contributed by atoms with Crippen LogP contribution in [-0.2, 0) is 64.4 Å². The Kier molecular flexibility index (Phi) is 13.1. The van der Waals surface area contributed by atoms with Gasteiger partial charge in [-0.25, -0.2) is 0 Å². The number of rotatable bonds is 17. The molecule has 1 heterocycles. The van der Waals surface area contributed by atoms with Crippen LogP contribution in [0.25, 0.3) is 0 Å². The third-order valence-electron chi connectivity index (χ3n) is 7.66. The highest BCUT2D eigenvalue weighted by molar-refractivity contribution is 5.76. The molecule has 0 bridgehead atoms. The fraction of sp³-hybridized carbons (Fsp3) is 0.316. The van der Waals surface area contributed by atoms with Crippen molar-refractivity contribution < 1.29 is 43.1 Å². The predicted molar refractivity (Wildman–Crippen MR) is 173 cm³/mol. The van der Waals surface area contributed by atoms with Gasteiger partial charge >= 0.3 is 11.9 Å². The molecule has 0 radical (unpaired) electrons. The minimum Gasteiger partial charge on any atom is -0.481 e. The van der Waals surface area contributed by atoms with Crippen LogP contribution in [0.1, 0.15) is 35.1 Å². The van der Waals surface area contributed by atoms with Crippen molar-refractivity contribution in [2.75, 3.05) is 6.61 Å². The minimum atomic E-state index is -1.08. The van der Waals surface area contributed by atoms with Crippen LogP contribution < -0.4 is 0 Å². The van der Waals surface area contributed by atoms with Gasteiger partial charge in [-0.05, 0) is 22.3 Å². The molecule has 0 spiro atoms. The van der Waals surface area contributed by atoms with Crippen molar-refractivity contribution >= 4 is 11.9 Å². The summed E-state index contributed by atoms with van der Waals surface area (Å²) < 4.78 is 38.2. The van der Waals surface area contributed by atoms with Crippen LogP contribution in [-0.4, -0.2) is 54.4 Å². The summed E-state index contributed by atoms with van der Waals surface area (Å²) in [6.07, 6.45) is -4.52. The van der Waals surface area contributed by atoms with E-state index in [0.29, 0.717) is 0 Å². The molecule has 1 aliphatic heterocycles. The first kappa shape index (κ1) is 34.0. The van der Waals surface area contributed by atoms with Crippen LogP contribution in [0.3, 0.4) is 0 Å². The number of ether oxygens (including phenoxy) is 6. The molecule has 47 heavy (non-hydrogen) atoms. The zero-order chi connectivity index (χ0) is 32.7. The van der Waals surface area contributed by atoms with Gasteiger partial charge in [0.15, 0.2) is 6.29 Å². The van der Waals surface area contributed by atoms with Gasteiger partial charge in [-0.3, -0.25) is 9.59 Å². The molecule has 9 heteroatoms. The van der Waals surface area contributed by atoms with Gasteiger partial charge in [0.25, 0.3) is 0 Å². The second kappa shape index (κ2) is 18.1. The minimum absolute atomic E-state index is 0.195. The van der Waals surface area contributed by atoms with E-state index < -0.39 is 42.6 Å². The van der Waals surface area contributed by atoms with E-state index in [0.717, 1.165) is 22.3 Å². The molecule has 0 saturated carbocycles. The van der Waals surface area contributed by atoms with Crippen molar-refractivity contribution in [2.24, 2.45) is 0 Å². The van der Waals surface area contributed by atoms with Crippen LogP contribution in [0, 0.1) is 0 Å². The van der Waals surface area contributed by atoms with Crippen LogP contribution in [0.15, 0.2) is 121 Å². The number of carbonyl (C=O) groups is 2. The zero-order valence-corrected chi connectivity index (χ0v) is 26.1. The highest BCUT2D eigenvalue weighted by atomic mass is 16.7. The molecule has 5 atom stereocenters. The second-order valence-corrected chi connectivity index (χ2v) is 11.2. The Bertz CT molecular complexity index is 1490. The number of carbonyl (C=O) groups excluding carboxylic acids is 1. The normalized spacial score (nSPS) is 20.8. The van der Waals surface area contributed by atoms with E-state index in [2.05, 4.69) is 0 Å². The van der Waals surface area contributed by atoms with Gasteiger partial charge in [-0.2, -0.15) is 0 Å². The standard InChI is InChI=1S/C38H40O9/c39-33(40)21-22-34(41)42-27-32-35(43-23-28-13-5-1-6-14-28)36(44-24-29-15-7-2-8-16-29)37(45-25-30-17-9-3-10-18-30)38(47-32)46-26-31-19-11-4-12-20-31/h1-20,32,35-38H,21-27H2,(H,39,40)/t32-,35-,36+,37-,38-/m1/s1. The molecule has 0 amide bonds. The first-order valence-electron chi connectivity index (χ1n) is 15.7. The van der Waals surface area contributed by atoms with Crippen molar-refractivity contribution in [3.05, 3.63) is 144 Å². The molecule has 1 N–H and O–H groups in total. The van der Waals surface area contributed by atoms with Gasteiger partial charge in [-0.15, -0.1) is 0 Å². The van der Waals surface area contributed by atoms with Gasteiger partial charge in [0, 0.05) is 0 Å². The maximum absolute atomic E-state index is 12.5. The van der Waals surface area contributed by atoms with Crippen LogP contribution in [0.5, 0.6) is 0 Å². The monoisotopic (exact) mass is 640 g/mol. The Morgan fingerprint density at radius 3 is 1.38 bits per heavy atom. The average molecular weight is 641 g/mol. The molecule has 1 saturated heterocycles. The summed E-state index contributed by atoms with van der Waals surface area (Å²) >= 11 is 0. The summed E-state index contributed by atoms with van der Waals surface area (Å²) in [6.45, 7) is 0.816. The topological polar surface area (TPSA) is 110 Å². The molecule has 9 nitrogen and oxygen atoms in total. The number of benzene rings is 4. The molecular formula is C38H40O9. The first-order chi connectivity index (χ1) is 23.0. The lowest BCUT2D eigenvalue weighted by Gasteiger charge is -2.45. The molecular weight excluding hydrogens is 600 g/mol. The molecule has 246 valence electrons. The van der Waals surface area contributed by atoms with E-state index in [9.17, 15) is 9.59 Å². The van der Waals surface area contributed by atoms with Gasteiger partial charge in [0.05, 0.1) is 39.3 Å². The molecule has 5 rings (SSSR count). The fourth-order valence-electron chi connectivity index (χ4n) is 5.22. The molecule has 4 aromatic rings. The van der Waals surface area contributed by atoms with Crippen LogP contribution >= 0.6 is 0 Å². The number of carboxylic acid groups (broad SMARTS) is 1. The van der Waals surface area contributed by atoms with Crippen molar-refractivity contribution in [3.8, 4) is 0 Å². The maximum atomic E-state index is 12.5. The highest BCUT2D eigenvalue weighted by Gasteiger charge is 2.49. The van der Waals surface area contributed by atoms with Gasteiger partial charge in [0.1, 0.15) is 31.0 Å². The van der Waals surface area contributed by atoms with Gasteiger partial charge < -0.3 is 33.5 Å². The smallest absolute Gasteiger partial charge is 0.306 e. The number of esters is 1. The number of hydrogen-bond donors (Lipinski definition) is 1. The van der Waals surface area contributed by atoms with Crippen LogP contribution in [0.2, 0.25) is 0 Å². The lowest BCUT2D eigenvalue weighted by atomic mass is 9.97. The maximum Gasteiger partial charge on any atom is 0.306 e. The van der Waals surface area contributed by atoms with E-state index >= 15 is 0 Å². The van der Waals surface area contributed by atoms with E-state index in [4.69, 9.17) is 33.5 Å². The predicted octanol–water partition coefficient (Wildman–Crippen LogP) is 6.09. The number of hydrogen-bond acceptors (Lipinski definition) is 8. The molecule has 0 unspecified atom stereocenters. The van der Waals surface area contributed by atoms with E-state index in [1.807, 2.05) is 121 Å². The summed E-state index contributed by atoms with van der Waals surface area (Å²) in [6, 6.07) is 39.0. The van der Waals surface area contributed by atoms with Crippen molar-refractivity contribution in [2.45, 2.75) is 70.0 Å². The molecule has 4 aromatic carbocycles. The molecule has 1 aliphatic rings. The Hall–Kier alpha value is -4.38. The summed E-state index contributed by atoms with van der Waals surface area (Å²) in [7, 11) is 0. The summed E-state index contributed by atoms with van der Waals surface area (Å²) in [5.74, 6) is -1.73. The van der Waals surface area contributed by atoms with Crippen molar-refractivity contribution in [1.82, 2.24) is 0 Å². The van der Waals surface area contributed by atoms with Crippen LogP contribution in [0.4, 0.5) is 0 Å². The van der Waals surface area contributed by atoms with Crippen molar-refractivity contribution in [1.29, 1.82) is 0 Å². The Morgan fingerprint density at radius 2 is 0.936 bits per heavy atom. The average Bonchev–Trinajstić information content (AvgIpc) is 3.11. The third kappa shape index (κ3) is 10.8. The van der Waals surface area contributed by atoms with Gasteiger partial charge in [-0.1, -0.05) is 121 Å². The molecule has 1 fully saturated rings. The quantitative estimate of drug-likeness (QED) is 0.137. The zero-order valence-electron chi connectivity index (χ0n) is 26.1. The Morgan fingerprint density at radius 1 is 0.532 bits per heavy atom. The lowest BCUT2D eigenvalue weighted by molar-refractivity contribution is -0.329. The third-order valence-corrected chi connectivity index (χ3v) is 7.66. The number of aliphatic carboxylic acids is 1. The Balaban J connectivity index is 1.44. The van der Waals surface area contributed by atoms with E-state index in [1.165, 1.54) is 0 Å². The van der Waals surface area contributed by atoms with Gasteiger partial charge in [0.2, 0.25) is 0 Å². The molecule has 0 aromatic heterocycles. The largest absolute Gasteiger partial charge is 0.481 e. The van der Waals surface area contributed by atoms with Crippen molar-refractivity contribution in [3.63, 3.8) is 0 Å². The summed E-state index contributed by atoms with van der Waals surface area (Å²) in [5, 5.41) is 9.04. The first-order valence-corrected chi connectivity index (χ1v) is 15.7. The fourth-order valence-corrected chi connectivity index (χ4v) is 5.22. The lowest BCUT2D eigenvalue weighted by Crippen LogP contribution is -2.61. The number of carboxylic acids is 1.